The van der Waals surface area contributed by atoms with E-state index in [0.717, 1.165) is 37.4 Å². The summed E-state index contributed by atoms with van der Waals surface area (Å²) in [5.74, 6) is 0.423. The minimum Gasteiger partial charge on any atom is -0.376 e. The molecule has 2 rings (SSSR count). The van der Waals surface area contributed by atoms with E-state index in [1.165, 1.54) is 0 Å². The van der Waals surface area contributed by atoms with Crippen molar-refractivity contribution in [1.82, 2.24) is 10.2 Å². The van der Waals surface area contributed by atoms with Crippen LogP contribution in [0.25, 0.3) is 0 Å². The molecule has 0 atom stereocenters. The lowest BCUT2D eigenvalue weighted by Crippen LogP contribution is -2.31. The number of likely N-dealkylation sites (tertiary alicyclic amines) is 1. The minimum absolute atomic E-state index is 0.181. The molecular formula is C17H21N3O. The van der Waals surface area contributed by atoms with Gasteiger partial charge in [-0.05, 0) is 24.3 Å². The van der Waals surface area contributed by atoms with Gasteiger partial charge in [0.2, 0.25) is 0 Å². The van der Waals surface area contributed by atoms with Gasteiger partial charge in [-0.25, -0.2) is 0 Å². The smallest absolute Gasteiger partial charge is 0.263 e. The van der Waals surface area contributed by atoms with Crippen molar-refractivity contribution in [1.29, 1.82) is 5.26 Å². The van der Waals surface area contributed by atoms with Crippen molar-refractivity contribution >= 4 is 5.91 Å². The summed E-state index contributed by atoms with van der Waals surface area (Å²) in [4.78, 5) is 14.1. The number of nitriles is 1. The first-order chi connectivity index (χ1) is 10.2. The monoisotopic (exact) mass is 283 g/mol. The first-order valence-corrected chi connectivity index (χ1v) is 7.37. The van der Waals surface area contributed by atoms with E-state index in [-0.39, 0.29) is 11.5 Å². The number of carbonyl (C=O) groups excluding carboxylic acids is 1. The van der Waals surface area contributed by atoms with Gasteiger partial charge in [0.05, 0.1) is 0 Å². The first kappa shape index (κ1) is 15.1. The Kier molecular flexibility index (Phi) is 5.39. The molecule has 4 nitrogen and oxygen atoms in total. The number of amides is 1. The summed E-state index contributed by atoms with van der Waals surface area (Å²) in [6.45, 7) is 4.51. The first-order valence-electron chi connectivity index (χ1n) is 7.37. The number of nitrogens with one attached hydrogen (secondary N) is 1. The molecule has 1 aromatic rings. The van der Waals surface area contributed by atoms with Crippen molar-refractivity contribution in [2.45, 2.75) is 26.3 Å². The quantitative estimate of drug-likeness (QED) is 0.682. The number of hydrogen-bond donors (Lipinski definition) is 1. The molecule has 0 radical (unpaired) electrons. The average molecular weight is 283 g/mol. The Morgan fingerprint density at radius 1 is 1.38 bits per heavy atom. The Bertz CT molecular complexity index is 537. The van der Waals surface area contributed by atoms with Crippen molar-refractivity contribution < 1.29 is 4.79 Å². The normalized spacial score (nSPS) is 16.4. The maximum atomic E-state index is 12.1. The van der Waals surface area contributed by atoms with Gasteiger partial charge in [-0.2, -0.15) is 5.26 Å². The van der Waals surface area contributed by atoms with E-state index >= 15 is 0 Å². The lowest BCUT2D eigenvalue weighted by atomic mass is 9.99. The highest BCUT2D eigenvalue weighted by molar-refractivity contribution is 5.97. The number of benzene rings is 1. The molecule has 0 aromatic heterocycles. The van der Waals surface area contributed by atoms with Gasteiger partial charge in [0, 0.05) is 25.8 Å². The van der Waals surface area contributed by atoms with Crippen LogP contribution in [0.3, 0.4) is 0 Å². The fourth-order valence-electron chi connectivity index (χ4n) is 2.35. The molecule has 1 heterocycles. The summed E-state index contributed by atoms with van der Waals surface area (Å²) in [7, 11) is 0. The second-order valence-electron chi connectivity index (χ2n) is 5.54. The summed E-state index contributed by atoms with van der Waals surface area (Å²) < 4.78 is 0. The van der Waals surface area contributed by atoms with Crippen molar-refractivity contribution in [2.75, 3.05) is 13.1 Å². The molecule has 0 bridgehead atoms. The highest BCUT2D eigenvalue weighted by atomic mass is 16.1. The number of piperidine rings is 1. The van der Waals surface area contributed by atoms with E-state index in [0.29, 0.717) is 6.54 Å². The van der Waals surface area contributed by atoms with Crippen LogP contribution in [0.5, 0.6) is 0 Å². The zero-order valence-electron chi connectivity index (χ0n) is 12.4. The third-order valence-electron chi connectivity index (χ3n) is 3.79. The fourth-order valence-corrected chi connectivity index (χ4v) is 2.35. The Morgan fingerprint density at radius 3 is 2.67 bits per heavy atom. The molecule has 1 amide bonds. The molecule has 21 heavy (non-hydrogen) atoms. The number of hydrogen-bond acceptors (Lipinski definition) is 3. The lowest BCUT2D eigenvalue weighted by Gasteiger charge is -2.29. The van der Waals surface area contributed by atoms with E-state index in [1.807, 2.05) is 36.4 Å². The molecule has 1 saturated heterocycles. The van der Waals surface area contributed by atoms with Crippen molar-refractivity contribution in [2.24, 2.45) is 5.92 Å². The van der Waals surface area contributed by atoms with Crippen LogP contribution in [0, 0.1) is 17.2 Å². The molecule has 1 fully saturated rings. The number of carbonyl (C=O) groups is 1. The third-order valence-corrected chi connectivity index (χ3v) is 3.79. The molecule has 0 unspecified atom stereocenters. The molecule has 0 saturated carbocycles. The van der Waals surface area contributed by atoms with Gasteiger partial charge >= 0.3 is 0 Å². The van der Waals surface area contributed by atoms with Gasteiger partial charge < -0.3 is 10.2 Å². The summed E-state index contributed by atoms with van der Waals surface area (Å²) in [5.41, 5.74) is 1.20. The second kappa shape index (κ2) is 7.49. The minimum atomic E-state index is -0.306. The Hall–Kier alpha value is -2.28. The van der Waals surface area contributed by atoms with Crippen LogP contribution in [-0.4, -0.2) is 23.9 Å². The molecule has 4 heteroatoms. The zero-order chi connectivity index (χ0) is 15.1. The van der Waals surface area contributed by atoms with Crippen molar-refractivity contribution in [3.63, 3.8) is 0 Å². The second-order valence-corrected chi connectivity index (χ2v) is 5.54. The number of nitrogens with zero attached hydrogens (tertiary/aromatic N) is 2. The summed E-state index contributed by atoms with van der Waals surface area (Å²) in [6, 6.07) is 11.7. The fraction of sp³-hybridized carbons (Fsp3) is 0.412. The van der Waals surface area contributed by atoms with Gasteiger partial charge in [0.15, 0.2) is 0 Å². The lowest BCUT2D eigenvalue weighted by molar-refractivity contribution is -0.117. The van der Waals surface area contributed by atoms with Gasteiger partial charge in [-0.3, -0.25) is 4.79 Å². The highest BCUT2D eigenvalue weighted by Crippen LogP contribution is 2.16. The molecule has 110 valence electrons. The largest absolute Gasteiger partial charge is 0.376 e. The van der Waals surface area contributed by atoms with E-state index < -0.39 is 0 Å². The van der Waals surface area contributed by atoms with Crippen LogP contribution in [0.2, 0.25) is 0 Å². The summed E-state index contributed by atoms with van der Waals surface area (Å²) in [5, 5.41) is 12.0. The van der Waals surface area contributed by atoms with Crippen LogP contribution in [0.4, 0.5) is 0 Å². The van der Waals surface area contributed by atoms with Crippen LogP contribution < -0.4 is 5.32 Å². The van der Waals surface area contributed by atoms with Crippen molar-refractivity contribution in [3.05, 3.63) is 47.7 Å². The average Bonchev–Trinajstić information content (AvgIpc) is 2.53. The van der Waals surface area contributed by atoms with Gasteiger partial charge in [-0.15, -0.1) is 0 Å². The Balaban J connectivity index is 1.91. The molecule has 1 aromatic carbocycles. The molecule has 1 aliphatic rings. The predicted octanol–water partition coefficient (Wildman–Crippen LogP) is 2.44. The zero-order valence-corrected chi connectivity index (χ0v) is 12.4. The predicted molar refractivity (Wildman–Crippen MR) is 82.0 cm³/mol. The van der Waals surface area contributed by atoms with Crippen LogP contribution in [0.1, 0.15) is 25.3 Å². The van der Waals surface area contributed by atoms with E-state index in [2.05, 4.69) is 17.1 Å². The molecule has 1 aliphatic heterocycles. The van der Waals surface area contributed by atoms with Crippen LogP contribution in [-0.2, 0) is 11.3 Å². The maximum Gasteiger partial charge on any atom is 0.263 e. The Morgan fingerprint density at radius 2 is 2.05 bits per heavy atom. The standard InChI is InChI=1S/C17H21N3O/c1-14-7-9-20(10-8-14)13-16(11-18)17(21)19-12-15-5-3-2-4-6-15/h2-6,13-14H,7-10,12H2,1H3,(H,19,21)/b16-13-. The third kappa shape index (κ3) is 4.64. The summed E-state index contributed by atoms with van der Waals surface area (Å²) >= 11 is 0. The van der Waals surface area contributed by atoms with Crippen LogP contribution in [0.15, 0.2) is 42.1 Å². The van der Waals surface area contributed by atoms with Gasteiger partial charge in [0.25, 0.3) is 5.91 Å². The SMILES string of the molecule is CC1CCN(/C=C(/C#N)C(=O)NCc2ccccc2)CC1. The molecule has 1 N–H and O–H groups in total. The van der Waals surface area contributed by atoms with E-state index in [9.17, 15) is 10.1 Å². The van der Waals surface area contributed by atoms with E-state index in [1.54, 1.807) is 6.20 Å². The van der Waals surface area contributed by atoms with Gasteiger partial charge in [-0.1, -0.05) is 37.3 Å². The molecule has 0 aliphatic carbocycles. The summed E-state index contributed by atoms with van der Waals surface area (Å²) in [6.07, 6.45) is 3.92. The van der Waals surface area contributed by atoms with Crippen LogP contribution >= 0.6 is 0 Å². The van der Waals surface area contributed by atoms with E-state index in [4.69, 9.17) is 0 Å². The highest BCUT2D eigenvalue weighted by Gasteiger charge is 2.16. The molecule has 0 spiro atoms. The maximum absolute atomic E-state index is 12.1. The Labute approximate surface area is 126 Å². The number of rotatable bonds is 4. The topological polar surface area (TPSA) is 56.1 Å². The van der Waals surface area contributed by atoms with Gasteiger partial charge in [0.1, 0.15) is 11.6 Å². The molecular weight excluding hydrogens is 262 g/mol. The van der Waals surface area contributed by atoms with Crippen molar-refractivity contribution in [3.8, 4) is 6.07 Å².